The minimum atomic E-state index is -3.95. The van der Waals surface area contributed by atoms with Crippen LogP contribution in [-0.4, -0.2) is 26.0 Å². The van der Waals surface area contributed by atoms with E-state index in [1.165, 1.54) is 18.3 Å². The minimum Gasteiger partial charge on any atom is -0.461 e. The van der Waals surface area contributed by atoms with E-state index in [-0.39, 0.29) is 27.9 Å². The van der Waals surface area contributed by atoms with Gasteiger partial charge in [0.2, 0.25) is 0 Å². The van der Waals surface area contributed by atoms with Crippen molar-refractivity contribution in [1.29, 1.82) is 0 Å². The maximum absolute atomic E-state index is 13.1. The molecule has 0 bridgehead atoms. The van der Waals surface area contributed by atoms with Crippen molar-refractivity contribution in [2.45, 2.75) is 11.8 Å². The third-order valence-corrected chi connectivity index (χ3v) is 4.37. The van der Waals surface area contributed by atoms with Crippen LogP contribution in [0.3, 0.4) is 0 Å². The van der Waals surface area contributed by atoms with Gasteiger partial charge in [0.05, 0.1) is 28.4 Å². The zero-order valence-electron chi connectivity index (χ0n) is 11.9. The van der Waals surface area contributed by atoms with Crippen LogP contribution in [-0.2, 0) is 14.8 Å². The third-order valence-electron chi connectivity index (χ3n) is 2.70. The maximum Gasteiger partial charge on any atom is 0.356 e. The normalized spacial score (nSPS) is 11.1. The van der Waals surface area contributed by atoms with Crippen molar-refractivity contribution in [3.05, 3.63) is 53.1 Å². The maximum atomic E-state index is 13.1. The first-order chi connectivity index (χ1) is 10.8. The topological polar surface area (TPSA) is 85.4 Å². The van der Waals surface area contributed by atoms with Gasteiger partial charge in [-0.1, -0.05) is 11.6 Å². The predicted octanol–water partition coefficient (Wildman–Crippen LogP) is 2.85. The molecule has 0 saturated carbocycles. The van der Waals surface area contributed by atoms with Crippen molar-refractivity contribution < 1.29 is 22.3 Å². The lowest BCUT2D eigenvalue weighted by molar-refractivity contribution is 0.0519. The number of hydrogen-bond acceptors (Lipinski definition) is 5. The minimum absolute atomic E-state index is 0.0552. The molecule has 23 heavy (non-hydrogen) atoms. The van der Waals surface area contributed by atoms with Gasteiger partial charge in [-0.2, -0.15) is 0 Å². The molecule has 1 heterocycles. The number of ether oxygens (including phenoxy) is 1. The molecule has 122 valence electrons. The Morgan fingerprint density at radius 2 is 2.09 bits per heavy atom. The summed E-state index contributed by atoms with van der Waals surface area (Å²) in [6, 6.07) is 5.73. The molecule has 2 aromatic rings. The van der Waals surface area contributed by atoms with Crippen LogP contribution < -0.4 is 4.72 Å². The highest BCUT2D eigenvalue weighted by Crippen LogP contribution is 2.21. The van der Waals surface area contributed by atoms with Crippen LogP contribution in [0.15, 0.2) is 41.4 Å². The van der Waals surface area contributed by atoms with Crippen LogP contribution in [0.4, 0.5) is 10.1 Å². The molecule has 0 spiro atoms. The Balaban J connectivity index is 2.20. The van der Waals surface area contributed by atoms with E-state index in [4.69, 9.17) is 16.3 Å². The molecular weight excluding hydrogens is 347 g/mol. The number of nitrogens with one attached hydrogen (secondary N) is 1. The Labute approximate surface area is 137 Å². The quantitative estimate of drug-likeness (QED) is 0.831. The fourth-order valence-electron chi connectivity index (χ4n) is 1.64. The summed E-state index contributed by atoms with van der Waals surface area (Å²) >= 11 is 5.58. The first kappa shape index (κ1) is 17.2. The van der Waals surface area contributed by atoms with E-state index in [0.717, 1.165) is 18.2 Å². The number of pyridine rings is 1. The summed E-state index contributed by atoms with van der Waals surface area (Å²) in [5.74, 6) is -1.32. The number of sulfonamides is 1. The van der Waals surface area contributed by atoms with Crippen molar-refractivity contribution >= 4 is 33.3 Å². The second-order valence-corrected chi connectivity index (χ2v) is 6.42. The number of nitrogens with zero attached hydrogens (tertiary/aromatic N) is 1. The monoisotopic (exact) mass is 358 g/mol. The summed E-state index contributed by atoms with van der Waals surface area (Å²) < 4.78 is 44.5. The zero-order chi connectivity index (χ0) is 17.0. The lowest BCUT2D eigenvalue weighted by Gasteiger charge is -2.09. The Hall–Kier alpha value is -2.19. The van der Waals surface area contributed by atoms with Crippen LogP contribution in [0.25, 0.3) is 0 Å². The van der Waals surface area contributed by atoms with E-state index in [9.17, 15) is 17.6 Å². The van der Waals surface area contributed by atoms with Crippen LogP contribution in [0.5, 0.6) is 0 Å². The fourth-order valence-corrected chi connectivity index (χ4v) is 2.95. The lowest BCUT2D eigenvalue weighted by atomic mass is 10.3. The number of rotatable bonds is 5. The second kappa shape index (κ2) is 6.93. The molecule has 1 N–H and O–H groups in total. The van der Waals surface area contributed by atoms with E-state index >= 15 is 0 Å². The van der Waals surface area contributed by atoms with E-state index in [1.807, 2.05) is 0 Å². The van der Waals surface area contributed by atoms with Crippen LogP contribution in [0.2, 0.25) is 5.02 Å². The van der Waals surface area contributed by atoms with E-state index in [2.05, 4.69) is 9.71 Å². The molecule has 9 heteroatoms. The molecule has 0 fully saturated rings. The van der Waals surface area contributed by atoms with Crippen molar-refractivity contribution in [2.24, 2.45) is 0 Å². The summed E-state index contributed by atoms with van der Waals surface area (Å²) in [6.45, 7) is 1.87. The number of carbonyl (C=O) groups is 1. The summed E-state index contributed by atoms with van der Waals surface area (Å²) in [5, 5.41) is -0.302. The van der Waals surface area contributed by atoms with Gasteiger partial charge in [-0.15, -0.1) is 0 Å². The summed E-state index contributed by atoms with van der Waals surface area (Å²) in [5.41, 5.74) is 0.193. The first-order valence-corrected chi connectivity index (χ1v) is 8.30. The highest BCUT2D eigenvalue weighted by molar-refractivity contribution is 7.92. The Kier molecular flexibility index (Phi) is 5.17. The molecule has 0 radical (unpaired) electrons. The van der Waals surface area contributed by atoms with Gasteiger partial charge < -0.3 is 4.74 Å². The van der Waals surface area contributed by atoms with Crippen LogP contribution >= 0.6 is 11.6 Å². The van der Waals surface area contributed by atoms with Gasteiger partial charge in [0.1, 0.15) is 11.5 Å². The number of carbonyl (C=O) groups excluding carboxylic acids is 1. The van der Waals surface area contributed by atoms with Crippen molar-refractivity contribution in [3.63, 3.8) is 0 Å². The molecule has 0 aliphatic heterocycles. The number of benzene rings is 1. The van der Waals surface area contributed by atoms with Gasteiger partial charge in [0.15, 0.2) is 0 Å². The van der Waals surface area contributed by atoms with Crippen LogP contribution in [0, 0.1) is 5.82 Å². The molecule has 1 aromatic carbocycles. The average Bonchev–Trinajstić information content (AvgIpc) is 2.50. The number of esters is 1. The zero-order valence-corrected chi connectivity index (χ0v) is 13.5. The Morgan fingerprint density at radius 1 is 1.35 bits per heavy atom. The van der Waals surface area contributed by atoms with E-state index in [1.54, 1.807) is 6.92 Å². The van der Waals surface area contributed by atoms with Gasteiger partial charge in [-0.25, -0.2) is 22.6 Å². The van der Waals surface area contributed by atoms with Gasteiger partial charge >= 0.3 is 5.97 Å². The molecule has 1 aromatic heterocycles. The van der Waals surface area contributed by atoms with Gasteiger partial charge in [-0.05, 0) is 37.3 Å². The van der Waals surface area contributed by atoms with Crippen LogP contribution in [0.1, 0.15) is 17.4 Å². The molecular formula is C14H12ClFN2O4S. The average molecular weight is 359 g/mol. The molecule has 0 unspecified atom stereocenters. The smallest absolute Gasteiger partial charge is 0.356 e. The molecule has 0 atom stereocenters. The van der Waals surface area contributed by atoms with Gasteiger partial charge in [0, 0.05) is 0 Å². The second-order valence-electron chi connectivity index (χ2n) is 4.33. The molecule has 0 aliphatic rings. The van der Waals surface area contributed by atoms with Crippen molar-refractivity contribution in [1.82, 2.24) is 4.98 Å². The Bertz CT molecular complexity index is 825. The Morgan fingerprint density at radius 3 is 2.65 bits per heavy atom. The standard InChI is InChI=1S/C14H12ClFN2O4S/c1-2-22-14(19)13-6-3-9(8-17-13)18-23(20,21)10-4-5-12(16)11(15)7-10/h3-8,18H,2H2,1H3. The summed E-state index contributed by atoms with van der Waals surface area (Å²) in [6.07, 6.45) is 1.18. The van der Waals surface area contributed by atoms with Gasteiger partial charge in [-0.3, -0.25) is 4.72 Å². The van der Waals surface area contributed by atoms with E-state index < -0.39 is 21.8 Å². The van der Waals surface area contributed by atoms with Crippen molar-refractivity contribution in [3.8, 4) is 0 Å². The molecule has 6 nitrogen and oxygen atoms in total. The number of anilines is 1. The molecule has 2 rings (SSSR count). The van der Waals surface area contributed by atoms with Crippen molar-refractivity contribution in [2.75, 3.05) is 11.3 Å². The highest BCUT2D eigenvalue weighted by Gasteiger charge is 2.17. The highest BCUT2D eigenvalue weighted by atomic mass is 35.5. The predicted molar refractivity (Wildman–Crippen MR) is 82.4 cm³/mol. The van der Waals surface area contributed by atoms with Gasteiger partial charge in [0.25, 0.3) is 10.0 Å². The largest absolute Gasteiger partial charge is 0.461 e. The summed E-state index contributed by atoms with van der Waals surface area (Å²) in [7, 11) is -3.95. The fraction of sp³-hybridized carbons (Fsp3) is 0.143. The lowest BCUT2D eigenvalue weighted by Crippen LogP contribution is -2.14. The molecule has 0 aliphatic carbocycles. The molecule has 0 saturated heterocycles. The first-order valence-electron chi connectivity index (χ1n) is 6.44. The third kappa shape index (κ3) is 4.17. The summed E-state index contributed by atoms with van der Waals surface area (Å²) in [4.78, 5) is 15.1. The van der Waals surface area contributed by atoms with E-state index in [0.29, 0.717) is 0 Å². The number of hydrogen-bond donors (Lipinski definition) is 1. The number of aromatic nitrogens is 1. The SMILES string of the molecule is CCOC(=O)c1ccc(NS(=O)(=O)c2ccc(F)c(Cl)c2)cn1. The molecule has 0 amide bonds. The number of halogens is 2.